The van der Waals surface area contributed by atoms with Crippen molar-refractivity contribution >= 4 is 46.2 Å². The lowest BCUT2D eigenvalue weighted by atomic mass is 9.78. The Morgan fingerprint density at radius 2 is 1.53 bits per heavy atom. The van der Waals surface area contributed by atoms with Crippen LogP contribution in [0.25, 0.3) is 10.8 Å². The summed E-state index contributed by atoms with van der Waals surface area (Å²) in [7, 11) is 1.43. The van der Waals surface area contributed by atoms with Gasteiger partial charge in [-0.25, -0.2) is 0 Å². The van der Waals surface area contributed by atoms with Gasteiger partial charge < -0.3 is 54.7 Å². The van der Waals surface area contributed by atoms with Gasteiger partial charge in [0, 0.05) is 78.8 Å². The highest BCUT2D eigenvalue weighted by Crippen LogP contribution is 2.55. The molecule has 3 aromatic rings. The molecule has 4 aliphatic heterocycles. The number of fused-ring (bicyclic) bond motifs is 14. The van der Waals surface area contributed by atoms with Crippen molar-refractivity contribution in [3.8, 4) is 23.0 Å². The molecule has 0 aromatic heterocycles. The number of nitrogens with one attached hydrogen (secondary N) is 1. The lowest BCUT2D eigenvalue weighted by Gasteiger charge is -2.43. The SMILES string of the molecule is CO[C@@H]1C=CO[C@@]2(C)Oc3c(C)c(O)c4c(O)c(c(C=NN5C[C@@H](C)N(C(=O)c6ccccc6)[C@@H](C)C5)c(O)c4c3C2=O)NC(=O)C(C)=CC=C[C@H](C)[C@H](O)[C@H](C)[C@H](O)[C@H](C)[C@@H](OC(C)=O)[C@H]1C. The number of nitrogens with zero attached hydrogens (tertiary/aromatic N) is 3. The summed E-state index contributed by atoms with van der Waals surface area (Å²) < 4.78 is 23.7. The molecule has 0 unspecified atom stereocenters. The van der Waals surface area contributed by atoms with E-state index in [0.717, 1.165) is 0 Å². The highest BCUT2D eigenvalue weighted by atomic mass is 16.7. The Hall–Kier alpha value is -6.43. The van der Waals surface area contributed by atoms with E-state index in [-0.39, 0.29) is 75.6 Å². The first-order valence-electron chi connectivity index (χ1n) is 22.8. The fraction of sp³-hybridized carbons (Fsp3) is 0.471. The molecule has 17 nitrogen and oxygen atoms in total. The fourth-order valence-corrected chi connectivity index (χ4v) is 9.53. The zero-order valence-corrected chi connectivity index (χ0v) is 40.4. The second kappa shape index (κ2) is 20.4. The third kappa shape index (κ3) is 9.78. The molecule has 17 heteroatoms. The van der Waals surface area contributed by atoms with E-state index in [9.17, 15) is 44.7 Å². The van der Waals surface area contributed by atoms with Crippen LogP contribution in [0, 0.1) is 30.6 Å². The molecule has 3 aromatic carbocycles. The van der Waals surface area contributed by atoms with Gasteiger partial charge in [-0.15, -0.1) is 0 Å². The van der Waals surface area contributed by atoms with Crippen LogP contribution in [-0.4, -0.2) is 128 Å². The van der Waals surface area contributed by atoms with Crippen LogP contribution in [0.5, 0.6) is 23.0 Å². The minimum absolute atomic E-state index is 0.0221. The van der Waals surface area contributed by atoms with Crippen LogP contribution in [0.3, 0.4) is 0 Å². The number of piperazine rings is 1. The number of hydrogen-bond acceptors (Lipinski definition) is 15. The van der Waals surface area contributed by atoms with Crippen LogP contribution in [0.2, 0.25) is 0 Å². The van der Waals surface area contributed by atoms with Gasteiger partial charge in [-0.3, -0.25) is 24.2 Å². The van der Waals surface area contributed by atoms with Crippen molar-refractivity contribution in [1.29, 1.82) is 0 Å². The average molecular weight is 941 g/mol. The maximum Gasteiger partial charge on any atom is 0.312 e. The molecule has 4 heterocycles. The van der Waals surface area contributed by atoms with Gasteiger partial charge in [0.2, 0.25) is 0 Å². The third-order valence-corrected chi connectivity index (χ3v) is 13.5. The predicted octanol–water partition coefficient (Wildman–Crippen LogP) is 6.32. The maximum absolute atomic E-state index is 14.6. The normalized spacial score (nSPS) is 29.5. The average Bonchev–Trinajstić information content (AvgIpc) is 3.56. The number of anilines is 1. The molecule has 5 bridgehead atoms. The van der Waals surface area contributed by atoms with Crippen LogP contribution >= 0.6 is 0 Å². The number of carbonyl (C=O) groups is 4. The minimum atomic E-state index is -2.09. The Morgan fingerprint density at radius 3 is 2.15 bits per heavy atom. The van der Waals surface area contributed by atoms with Crippen molar-refractivity contribution in [3.05, 3.63) is 88.7 Å². The number of ether oxygens (including phenoxy) is 4. The molecule has 0 saturated carbocycles. The number of aromatic hydroxyl groups is 3. The van der Waals surface area contributed by atoms with Gasteiger partial charge in [0.05, 0.1) is 66.1 Å². The summed E-state index contributed by atoms with van der Waals surface area (Å²) in [5.41, 5.74) is -0.0701. The third-order valence-electron chi connectivity index (χ3n) is 13.5. The molecule has 7 rings (SSSR count). The second-order valence-electron chi connectivity index (χ2n) is 18.5. The number of benzene rings is 3. The van der Waals surface area contributed by atoms with Crippen LogP contribution in [0.15, 0.2) is 71.6 Å². The topological polar surface area (TPSA) is 237 Å². The molecule has 2 amide bonds. The number of Topliss-reactive ketones (excluding diaryl/α,β-unsaturated/α-hetero) is 1. The number of hydrogen-bond donors (Lipinski definition) is 6. The molecule has 0 aliphatic carbocycles. The number of rotatable bonds is 5. The van der Waals surface area contributed by atoms with Gasteiger partial charge >= 0.3 is 11.8 Å². The van der Waals surface area contributed by atoms with Gasteiger partial charge in [-0.05, 0) is 45.9 Å². The number of hydrazone groups is 1. The van der Waals surface area contributed by atoms with Crippen LogP contribution < -0.4 is 10.1 Å². The van der Waals surface area contributed by atoms with Crippen molar-refractivity contribution in [3.63, 3.8) is 0 Å². The molecular weight excluding hydrogens is 877 g/mol. The van der Waals surface area contributed by atoms with Crippen LogP contribution in [0.4, 0.5) is 5.69 Å². The quantitative estimate of drug-likeness (QED) is 0.0711. The van der Waals surface area contributed by atoms with Gasteiger partial charge in [0.15, 0.2) is 5.75 Å². The van der Waals surface area contributed by atoms with Crippen molar-refractivity contribution < 1.29 is 63.7 Å². The predicted molar refractivity (Wildman–Crippen MR) is 255 cm³/mol. The minimum Gasteiger partial charge on any atom is -0.507 e. The molecule has 0 spiro atoms. The van der Waals surface area contributed by atoms with Crippen molar-refractivity contribution in [2.75, 3.05) is 25.5 Å². The Balaban J connectivity index is 1.48. The smallest absolute Gasteiger partial charge is 0.312 e. The van der Waals surface area contributed by atoms with E-state index in [1.807, 2.05) is 19.9 Å². The summed E-state index contributed by atoms with van der Waals surface area (Å²) in [6.07, 6.45) is 4.62. The number of phenolic OH excluding ortho intramolecular Hbond substituents is 3. The summed E-state index contributed by atoms with van der Waals surface area (Å²) in [6.45, 7) is 16.8. The molecule has 11 atom stereocenters. The number of aliphatic hydroxyl groups excluding tert-OH is 2. The van der Waals surface area contributed by atoms with E-state index in [4.69, 9.17) is 18.9 Å². The number of carbonyl (C=O) groups excluding carboxylic acids is 4. The lowest BCUT2D eigenvalue weighted by Crippen LogP contribution is -2.57. The van der Waals surface area contributed by atoms with E-state index >= 15 is 0 Å². The Kier molecular flexibility index (Phi) is 15.3. The van der Waals surface area contributed by atoms with Gasteiger partial charge in [-0.2, -0.15) is 5.10 Å². The van der Waals surface area contributed by atoms with Gasteiger partial charge in [-0.1, -0.05) is 64.1 Å². The highest BCUT2D eigenvalue weighted by molar-refractivity contribution is 6.24. The number of phenols is 3. The van der Waals surface area contributed by atoms with E-state index in [1.165, 1.54) is 59.4 Å². The summed E-state index contributed by atoms with van der Waals surface area (Å²) in [5.74, 6) is -8.94. The molecule has 68 heavy (non-hydrogen) atoms. The first kappa shape index (κ1) is 51.0. The summed E-state index contributed by atoms with van der Waals surface area (Å²) >= 11 is 0. The van der Waals surface area contributed by atoms with Crippen molar-refractivity contribution in [2.24, 2.45) is 28.8 Å². The number of allylic oxidation sites excluding steroid dienone is 2. The van der Waals surface area contributed by atoms with Crippen molar-refractivity contribution in [1.82, 2.24) is 9.91 Å². The number of esters is 1. The lowest BCUT2D eigenvalue weighted by molar-refractivity contribution is -0.160. The number of methoxy groups -OCH3 is 1. The first-order valence-corrected chi connectivity index (χ1v) is 22.8. The highest BCUT2D eigenvalue weighted by Gasteiger charge is 2.50. The van der Waals surface area contributed by atoms with Gasteiger partial charge in [0.25, 0.3) is 17.6 Å². The molecule has 1 saturated heterocycles. The fourth-order valence-electron chi connectivity index (χ4n) is 9.53. The van der Waals surface area contributed by atoms with Gasteiger partial charge in [0.1, 0.15) is 23.4 Å². The molecule has 0 radical (unpaired) electrons. The number of amides is 2. The summed E-state index contributed by atoms with van der Waals surface area (Å²) in [5, 5.41) is 67.6. The van der Waals surface area contributed by atoms with Crippen molar-refractivity contribution in [2.45, 2.75) is 112 Å². The summed E-state index contributed by atoms with van der Waals surface area (Å²) in [6, 6.07) is 8.30. The first-order chi connectivity index (χ1) is 32.0. The van der Waals surface area contributed by atoms with E-state index < -0.39 is 88.8 Å². The number of ketones is 1. The molecule has 366 valence electrons. The molecule has 4 aliphatic rings. The Morgan fingerprint density at radius 1 is 0.882 bits per heavy atom. The zero-order valence-electron chi connectivity index (χ0n) is 40.4. The second-order valence-corrected chi connectivity index (χ2v) is 18.5. The molecular formula is C51H64N4O13. The van der Waals surface area contributed by atoms with E-state index in [2.05, 4.69) is 10.4 Å². The summed E-state index contributed by atoms with van der Waals surface area (Å²) in [4.78, 5) is 56.3. The standard InChI is InChI=1S/C51H64N4O13/c1-25-16-15-17-26(2)49(63)53-40-35(22-52-54-23-27(3)55(28(4)24-54)50(64)34-18-13-12-14-19-34)44(60)37-38(45(40)61)43(59)32(8)47-39(37)48(62)51(10,68-47)66-21-20-36(65-11)29(5)46(67-33(9)56)31(7)42(58)30(6)41(25)57/h12-22,25,27-31,36,41-42,46,57-61H,23-24H2,1-11H3,(H,53,63)/t25-,27-,28+,29-,30-,31-,36+,41-,42-,46-,51-/m0/s1. The van der Waals surface area contributed by atoms with Crippen LogP contribution in [-0.2, 0) is 23.8 Å². The van der Waals surface area contributed by atoms with E-state index in [1.54, 1.807) is 74.0 Å². The number of aliphatic hydroxyl groups is 2. The maximum atomic E-state index is 14.6. The zero-order chi connectivity index (χ0) is 50.1. The Bertz CT molecular complexity index is 2550. The molecule has 6 N–H and O–H groups in total. The largest absolute Gasteiger partial charge is 0.507 e. The van der Waals surface area contributed by atoms with Crippen LogP contribution in [0.1, 0.15) is 94.2 Å². The monoisotopic (exact) mass is 940 g/mol. The molecule has 1 fully saturated rings. The van der Waals surface area contributed by atoms with E-state index in [0.29, 0.717) is 5.56 Å². The Labute approximate surface area is 396 Å².